The molecule has 0 bridgehead atoms. The number of halogens is 1. The Morgan fingerprint density at radius 3 is 3.06 bits per heavy atom. The van der Waals surface area contributed by atoms with Crippen LogP contribution in [-0.4, -0.2) is 19.3 Å². The lowest BCUT2D eigenvalue weighted by Crippen LogP contribution is -2.25. The Balaban J connectivity index is 1.90. The van der Waals surface area contributed by atoms with Crippen LogP contribution < -0.4 is 4.74 Å². The van der Waals surface area contributed by atoms with E-state index >= 15 is 0 Å². The van der Waals surface area contributed by atoms with Gasteiger partial charge in [-0.1, -0.05) is 17.7 Å². The summed E-state index contributed by atoms with van der Waals surface area (Å²) in [5.74, 6) is 0.863. The Morgan fingerprint density at radius 2 is 2.31 bits per heavy atom. The second-order valence-electron chi connectivity index (χ2n) is 4.21. The molecule has 0 spiro atoms. The van der Waals surface area contributed by atoms with Crippen LogP contribution in [-0.2, 0) is 4.74 Å². The molecule has 0 aromatic heterocycles. The van der Waals surface area contributed by atoms with Crippen molar-refractivity contribution in [1.29, 1.82) is 0 Å². The van der Waals surface area contributed by atoms with E-state index in [1.165, 1.54) is 12.8 Å². The van der Waals surface area contributed by atoms with Crippen molar-refractivity contribution in [2.24, 2.45) is 0 Å². The first kappa shape index (κ1) is 11.7. The van der Waals surface area contributed by atoms with Crippen molar-refractivity contribution in [3.63, 3.8) is 0 Å². The molecule has 0 saturated carbocycles. The summed E-state index contributed by atoms with van der Waals surface area (Å²) in [5.41, 5.74) is 1.11. The highest BCUT2D eigenvalue weighted by molar-refractivity contribution is 6.30. The van der Waals surface area contributed by atoms with Crippen LogP contribution in [0.1, 0.15) is 24.8 Å². The van der Waals surface area contributed by atoms with Gasteiger partial charge in [-0.05, 0) is 43.9 Å². The minimum atomic E-state index is 0.243. The van der Waals surface area contributed by atoms with E-state index in [2.05, 4.69) is 0 Å². The number of ether oxygens (including phenoxy) is 2. The van der Waals surface area contributed by atoms with Gasteiger partial charge in [-0.15, -0.1) is 0 Å². The molecule has 88 valence electrons. The Morgan fingerprint density at radius 1 is 1.44 bits per heavy atom. The van der Waals surface area contributed by atoms with Gasteiger partial charge >= 0.3 is 0 Å². The fourth-order valence-electron chi connectivity index (χ4n) is 1.85. The van der Waals surface area contributed by atoms with Gasteiger partial charge in [0.15, 0.2) is 0 Å². The molecule has 1 saturated heterocycles. The quantitative estimate of drug-likeness (QED) is 0.804. The molecule has 1 aromatic rings. The largest absolute Gasteiger partial charge is 0.491 e. The van der Waals surface area contributed by atoms with Gasteiger partial charge in [0.25, 0.3) is 0 Å². The van der Waals surface area contributed by atoms with Crippen LogP contribution in [0.15, 0.2) is 18.2 Å². The Kier molecular flexibility index (Phi) is 4.08. The Hall–Kier alpha value is -0.730. The zero-order valence-electron chi connectivity index (χ0n) is 9.54. The number of rotatable bonds is 3. The van der Waals surface area contributed by atoms with Crippen LogP contribution >= 0.6 is 11.6 Å². The third-order valence-corrected chi connectivity index (χ3v) is 3.08. The van der Waals surface area contributed by atoms with Crippen LogP contribution in [0.3, 0.4) is 0 Å². The van der Waals surface area contributed by atoms with Crippen molar-refractivity contribution in [2.45, 2.75) is 32.3 Å². The first-order valence-electron chi connectivity index (χ1n) is 5.76. The van der Waals surface area contributed by atoms with Crippen molar-refractivity contribution in [2.75, 3.05) is 13.2 Å². The van der Waals surface area contributed by atoms with Gasteiger partial charge in [0.1, 0.15) is 12.4 Å². The SMILES string of the molecule is Cc1ccc(Cl)cc1OCC1CCCCO1. The van der Waals surface area contributed by atoms with Crippen LogP contribution in [0, 0.1) is 6.92 Å². The van der Waals surface area contributed by atoms with Gasteiger partial charge < -0.3 is 9.47 Å². The van der Waals surface area contributed by atoms with Gasteiger partial charge in [-0.2, -0.15) is 0 Å². The Labute approximate surface area is 102 Å². The summed E-state index contributed by atoms with van der Waals surface area (Å²) in [5, 5.41) is 0.713. The molecule has 1 fully saturated rings. The summed E-state index contributed by atoms with van der Waals surface area (Å²) in [6.45, 7) is 3.51. The average molecular weight is 241 g/mol. The van der Waals surface area contributed by atoms with Crippen LogP contribution in [0.2, 0.25) is 5.02 Å². The van der Waals surface area contributed by atoms with E-state index in [0.29, 0.717) is 11.6 Å². The van der Waals surface area contributed by atoms with Gasteiger partial charge in [-0.25, -0.2) is 0 Å². The molecule has 0 radical (unpaired) electrons. The van der Waals surface area contributed by atoms with Gasteiger partial charge in [-0.3, -0.25) is 0 Å². The highest BCUT2D eigenvalue weighted by atomic mass is 35.5. The second-order valence-corrected chi connectivity index (χ2v) is 4.65. The molecule has 0 aliphatic carbocycles. The highest BCUT2D eigenvalue weighted by Gasteiger charge is 2.14. The molecule has 1 aliphatic rings. The monoisotopic (exact) mass is 240 g/mol. The van der Waals surface area contributed by atoms with Crippen LogP contribution in [0.4, 0.5) is 0 Å². The van der Waals surface area contributed by atoms with E-state index in [1.807, 2.05) is 25.1 Å². The molecule has 2 nitrogen and oxygen atoms in total. The van der Waals surface area contributed by atoms with Crippen molar-refractivity contribution in [3.8, 4) is 5.75 Å². The lowest BCUT2D eigenvalue weighted by molar-refractivity contribution is -0.0111. The van der Waals surface area contributed by atoms with Gasteiger partial charge in [0.05, 0.1) is 6.10 Å². The summed E-state index contributed by atoms with van der Waals surface area (Å²) in [4.78, 5) is 0. The number of hydrogen-bond acceptors (Lipinski definition) is 2. The minimum absolute atomic E-state index is 0.243. The second kappa shape index (κ2) is 5.55. The standard InChI is InChI=1S/C13H17ClO2/c1-10-5-6-11(14)8-13(10)16-9-12-4-2-3-7-15-12/h5-6,8,12H,2-4,7,9H2,1H3. The smallest absolute Gasteiger partial charge is 0.123 e. The molecular weight excluding hydrogens is 224 g/mol. The number of hydrogen-bond donors (Lipinski definition) is 0. The van der Waals surface area contributed by atoms with E-state index in [9.17, 15) is 0 Å². The summed E-state index contributed by atoms with van der Waals surface area (Å²) >= 11 is 5.93. The number of benzene rings is 1. The van der Waals surface area contributed by atoms with Gasteiger partial charge in [0.2, 0.25) is 0 Å². The third kappa shape index (κ3) is 3.13. The normalized spacial score (nSPS) is 20.8. The summed E-state index contributed by atoms with van der Waals surface area (Å²) in [6, 6.07) is 5.71. The van der Waals surface area contributed by atoms with Crippen molar-refractivity contribution in [1.82, 2.24) is 0 Å². The van der Waals surface area contributed by atoms with E-state index in [4.69, 9.17) is 21.1 Å². The van der Waals surface area contributed by atoms with Crippen LogP contribution in [0.25, 0.3) is 0 Å². The van der Waals surface area contributed by atoms with Crippen LogP contribution in [0.5, 0.6) is 5.75 Å². The molecule has 16 heavy (non-hydrogen) atoms. The fraction of sp³-hybridized carbons (Fsp3) is 0.538. The predicted octanol–water partition coefficient (Wildman–Crippen LogP) is 3.60. The van der Waals surface area contributed by atoms with Crippen molar-refractivity contribution >= 4 is 11.6 Å². The minimum Gasteiger partial charge on any atom is -0.491 e. The van der Waals surface area contributed by atoms with E-state index in [-0.39, 0.29) is 6.10 Å². The maximum atomic E-state index is 5.93. The van der Waals surface area contributed by atoms with E-state index < -0.39 is 0 Å². The molecule has 1 aliphatic heterocycles. The van der Waals surface area contributed by atoms with Crippen molar-refractivity contribution < 1.29 is 9.47 Å². The molecule has 1 atom stereocenters. The lowest BCUT2D eigenvalue weighted by atomic mass is 10.1. The topological polar surface area (TPSA) is 18.5 Å². The molecule has 1 aromatic carbocycles. The summed E-state index contributed by atoms with van der Waals surface area (Å²) in [6.07, 6.45) is 3.75. The predicted molar refractivity (Wildman–Crippen MR) is 65.3 cm³/mol. The first-order chi connectivity index (χ1) is 7.75. The molecule has 2 rings (SSSR count). The highest BCUT2D eigenvalue weighted by Crippen LogP contribution is 2.23. The molecule has 0 amide bonds. The molecule has 1 heterocycles. The molecule has 3 heteroatoms. The maximum Gasteiger partial charge on any atom is 0.123 e. The molecule has 0 N–H and O–H groups in total. The maximum absolute atomic E-state index is 5.93. The molecular formula is C13H17ClO2. The number of aryl methyl sites for hydroxylation is 1. The summed E-state index contributed by atoms with van der Waals surface area (Å²) in [7, 11) is 0. The summed E-state index contributed by atoms with van der Waals surface area (Å²) < 4.78 is 11.4. The average Bonchev–Trinajstić information content (AvgIpc) is 2.32. The zero-order valence-corrected chi connectivity index (χ0v) is 10.3. The lowest BCUT2D eigenvalue weighted by Gasteiger charge is -2.23. The fourth-order valence-corrected chi connectivity index (χ4v) is 2.01. The first-order valence-corrected chi connectivity index (χ1v) is 6.14. The Bertz CT molecular complexity index is 346. The van der Waals surface area contributed by atoms with E-state index in [1.54, 1.807) is 0 Å². The van der Waals surface area contributed by atoms with E-state index in [0.717, 1.165) is 24.3 Å². The molecule has 1 unspecified atom stereocenters. The third-order valence-electron chi connectivity index (χ3n) is 2.85. The van der Waals surface area contributed by atoms with Crippen molar-refractivity contribution in [3.05, 3.63) is 28.8 Å². The zero-order chi connectivity index (χ0) is 11.4. The van der Waals surface area contributed by atoms with Gasteiger partial charge in [0, 0.05) is 11.6 Å².